The molecule has 4 aromatic rings. The minimum absolute atomic E-state index is 0.00726. The number of amides is 2. The van der Waals surface area contributed by atoms with Crippen molar-refractivity contribution in [2.45, 2.75) is 45.3 Å². The molecule has 2 amide bonds. The second kappa shape index (κ2) is 15.5. The molecule has 4 aromatic carbocycles. The molecule has 0 heterocycles. The van der Waals surface area contributed by atoms with E-state index in [2.05, 4.69) is 5.32 Å². The fraction of sp³-hybridized carbons (Fsp3) is 0.270. The number of hydrogen-bond donors (Lipinski definition) is 2. The second-order valence-corrected chi connectivity index (χ2v) is 11.5. The molecule has 4 rings (SSSR count). The number of nitrogens with zero attached hydrogens (tertiary/aromatic N) is 1. The number of carboxylic acid groups (broad SMARTS) is 1. The minimum atomic E-state index is -1.63. The van der Waals surface area contributed by atoms with E-state index >= 15 is 0 Å². The third kappa shape index (κ3) is 9.30. The van der Waals surface area contributed by atoms with Gasteiger partial charge in [0.15, 0.2) is 0 Å². The lowest BCUT2D eigenvalue weighted by molar-refractivity contribution is -0.146. The van der Waals surface area contributed by atoms with Crippen molar-refractivity contribution in [2.24, 2.45) is 5.92 Å². The molecule has 44 heavy (non-hydrogen) atoms. The maximum atomic E-state index is 13.8. The van der Waals surface area contributed by atoms with Gasteiger partial charge in [0, 0.05) is 25.9 Å². The quantitative estimate of drug-likeness (QED) is 0.158. The molecular weight excluding hydrogens is 552 g/mol. The summed E-state index contributed by atoms with van der Waals surface area (Å²) in [5.41, 5.74) is 2.90. The van der Waals surface area contributed by atoms with Crippen molar-refractivity contribution in [3.63, 3.8) is 0 Å². The molecule has 0 fully saturated rings. The van der Waals surface area contributed by atoms with E-state index in [0.717, 1.165) is 27.8 Å². The van der Waals surface area contributed by atoms with E-state index in [4.69, 9.17) is 4.74 Å². The average Bonchev–Trinajstić information content (AvgIpc) is 3.03. The Hall–Kier alpha value is -4.91. The zero-order valence-electron chi connectivity index (χ0n) is 25.3. The van der Waals surface area contributed by atoms with Crippen molar-refractivity contribution in [1.82, 2.24) is 10.2 Å². The Labute approximate surface area is 259 Å². The number of benzene rings is 4. The molecule has 2 N–H and O–H groups in total. The molecule has 0 spiro atoms. The molecule has 228 valence electrons. The van der Waals surface area contributed by atoms with Crippen molar-refractivity contribution in [3.05, 3.63) is 132 Å². The van der Waals surface area contributed by atoms with Crippen LogP contribution in [-0.4, -0.2) is 46.6 Å². The van der Waals surface area contributed by atoms with Crippen molar-refractivity contribution in [1.29, 1.82) is 0 Å². The molecule has 0 saturated carbocycles. The van der Waals surface area contributed by atoms with Crippen LogP contribution in [0, 0.1) is 5.92 Å². The van der Waals surface area contributed by atoms with Gasteiger partial charge in [-0.15, -0.1) is 0 Å². The first kappa shape index (κ1) is 32.0. The number of carbonyl (C=O) groups is 3. The zero-order chi connectivity index (χ0) is 31.4. The third-order valence-electron chi connectivity index (χ3n) is 7.37. The minimum Gasteiger partial charge on any atom is -0.479 e. The molecule has 0 aliphatic heterocycles. The highest BCUT2D eigenvalue weighted by molar-refractivity contribution is 5.87. The van der Waals surface area contributed by atoms with Gasteiger partial charge < -0.3 is 20.1 Å². The van der Waals surface area contributed by atoms with E-state index < -0.39 is 23.5 Å². The number of esters is 1. The fourth-order valence-corrected chi connectivity index (χ4v) is 5.13. The van der Waals surface area contributed by atoms with Gasteiger partial charge in [0.05, 0.1) is 6.42 Å². The lowest BCUT2D eigenvalue weighted by atomic mass is 9.84. The van der Waals surface area contributed by atoms with Crippen molar-refractivity contribution < 1.29 is 24.2 Å². The summed E-state index contributed by atoms with van der Waals surface area (Å²) in [6.45, 7) is 4.54. The summed E-state index contributed by atoms with van der Waals surface area (Å²) >= 11 is 0. The fourth-order valence-electron chi connectivity index (χ4n) is 5.13. The molecule has 0 radical (unpaired) electrons. The predicted molar refractivity (Wildman–Crippen MR) is 172 cm³/mol. The first-order valence-electron chi connectivity index (χ1n) is 14.9. The number of ether oxygens (including phenoxy) is 1. The summed E-state index contributed by atoms with van der Waals surface area (Å²) in [7, 11) is 0. The van der Waals surface area contributed by atoms with Gasteiger partial charge in [-0.05, 0) is 33.7 Å². The van der Waals surface area contributed by atoms with Crippen LogP contribution < -0.4 is 5.32 Å². The van der Waals surface area contributed by atoms with Crippen LogP contribution in [0.4, 0.5) is 4.79 Å². The topological polar surface area (TPSA) is 95.9 Å². The summed E-state index contributed by atoms with van der Waals surface area (Å²) < 4.78 is 5.41. The van der Waals surface area contributed by atoms with E-state index in [1.807, 2.05) is 129 Å². The average molecular weight is 593 g/mol. The van der Waals surface area contributed by atoms with Gasteiger partial charge in [0.2, 0.25) is 0 Å². The van der Waals surface area contributed by atoms with E-state index in [9.17, 15) is 19.5 Å². The maximum Gasteiger partial charge on any atom is 0.330 e. The van der Waals surface area contributed by atoms with Crippen LogP contribution in [0.5, 0.6) is 0 Å². The summed E-state index contributed by atoms with van der Waals surface area (Å²) in [6, 6.07) is 35.8. The first-order valence-corrected chi connectivity index (χ1v) is 14.9. The van der Waals surface area contributed by atoms with Crippen LogP contribution in [0.2, 0.25) is 0 Å². The summed E-state index contributed by atoms with van der Waals surface area (Å²) in [6.07, 6.45) is 0.156. The van der Waals surface area contributed by atoms with E-state index in [1.54, 1.807) is 0 Å². The highest BCUT2D eigenvalue weighted by atomic mass is 16.5. The Morgan fingerprint density at radius 3 is 1.77 bits per heavy atom. The van der Waals surface area contributed by atoms with Gasteiger partial charge in [-0.3, -0.25) is 4.79 Å². The summed E-state index contributed by atoms with van der Waals surface area (Å²) in [4.78, 5) is 41.0. The van der Waals surface area contributed by atoms with Gasteiger partial charge in [-0.2, -0.15) is 0 Å². The first-order chi connectivity index (χ1) is 21.2. The van der Waals surface area contributed by atoms with Gasteiger partial charge >= 0.3 is 18.0 Å². The number of carbonyl (C=O) groups excluding carboxylic acids is 2. The number of hydrogen-bond acceptors (Lipinski definition) is 4. The molecule has 1 unspecified atom stereocenters. The monoisotopic (exact) mass is 592 g/mol. The third-order valence-corrected chi connectivity index (χ3v) is 7.37. The maximum absolute atomic E-state index is 13.8. The number of aliphatic carboxylic acids is 1. The molecule has 0 aliphatic rings. The molecule has 7 nitrogen and oxygen atoms in total. The molecule has 0 aliphatic carbocycles. The molecule has 7 heteroatoms. The Morgan fingerprint density at radius 1 is 0.727 bits per heavy atom. The zero-order valence-corrected chi connectivity index (χ0v) is 25.3. The molecule has 0 aromatic heterocycles. The predicted octanol–water partition coefficient (Wildman–Crippen LogP) is 6.76. The van der Waals surface area contributed by atoms with Gasteiger partial charge in [-0.1, -0.05) is 129 Å². The number of urea groups is 1. The van der Waals surface area contributed by atoms with Gasteiger partial charge in [-0.25, -0.2) is 9.59 Å². The Morgan fingerprint density at radius 2 is 1.23 bits per heavy atom. The van der Waals surface area contributed by atoms with E-state index in [0.29, 0.717) is 6.54 Å². The molecular formula is C37H40N2O5. The van der Waals surface area contributed by atoms with E-state index in [1.165, 1.54) is 4.90 Å². The highest BCUT2D eigenvalue weighted by Gasteiger charge is 2.41. The normalized spacial score (nSPS) is 12.2. The van der Waals surface area contributed by atoms with Crippen LogP contribution in [0.15, 0.2) is 115 Å². The summed E-state index contributed by atoms with van der Waals surface area (Å²) in [5.74, 6) is -1.46. The lowest BCUT2D eigenvalue weighted by Crippen LogP contribution is -2.61. The Balaban J connectivity index is 1.53. The lowest BCUT2D eigenvalue weighted by Gasteiger charge is -2.34. The van der Waals surface area contributed by atoms with Crippen LogP contribution in [0.25, 0.3) is 11.1 Å². The Kier molecular flexibility index (Phi) is 11.3. The SMILES string of the molecule is CC(C)CN(CCC(=O)OCc1ccccc1)C(=O)NC(Cc1ccccc1)(Cc1ccc(-c2ccccc2)cc1)C(=O)O. The molecule has 0 bridgehead atoms. The van der Waals surface area contributed by atoms with Crippen molar-refractivity contribution in [2.75, 3.05) is 13.1 Å². The number of nitrogens with one attached hydrogen (secondary N) is 1. The van der Waals surface area contributed by atoms with Gasteiger partial charge in [0.25, 0.3) is 0 Å². The standard InChI is InChI=1S/C37H40N2O5/c1-28(2)26-39(23-22-34(40)44-27-31-14-8-4-9-15-31)36(43)38-37(35(41)42,24-29-12-6-3-7-13-29)25-30-18-20-33(21-19-30)32-16-10-5-11-17-32/h3-21,28H,22-27H2,1-2H3,(H,38,43)(H,41,42). The summed E-state index contributed by atoms with van der Waals surface area (Å²) in [5, 5.41) is 13.6. The molecule has 0 saturated heterocycles. The second-order valence-electron chi connectivity index (χ2n) is 11.5. The van der Waals surface area contributed by atoms with Gasteiger partial charge in [0.1, 0.15) is 12.1 Å². The smallest absolute Gasteiger partial charge is 0.330 e. The largest absolute Gasteiger partial charge is 0.479 e. The molecule has 1 atom stereocenters. The van der Waals surface area contributed by atoms with Crippen LogP contribution >= 0.6 is 0 Å². The highest BCUT2D eigenvalue weighted by Crippen LogP contribution is 2.24. The van der Waals surface area contributed by atoms with Crippen molar-refractivity contribution in [3.8, 4) is 11.1 Å². The van der Waals surface area contributed by atoms with Crippen LogP contribution in [0.3, 0.4) is 0 Å². The van der Waals surface area contributed by atoms with Crippen LogP contribution in [-0.2, 0) is 33.8 Å². The number of rotatable bonds is 14. The number of carboxylic acids is 1. The van der Waals surface area contributed by atoms with Crippen LogP contribution in [0.1, 0.15) is 37.0 Å². The van der Waals surface area contributed by atoms with E-state index in [-0.39, 0.29) is 38.3 Å². The van der Waals surface area contributed by atoms with Crippen molar-refractivity contribution >= 4 is 18.0 Å². The Bertz CT molecular complexity index is 1490.